The SMILES string of the molecule is c1ccc(C2(c3ccccc3)c3ccccc3-c3ccc(N4c5cccc6c5B5c7c4ccc4c7N7c8c(cccc8Oc8ccc(c5c87)N6c5ccc6c(c5)C(c5ccccc5)(c5ccccc5)c5ccccc5-6)O4)cc32)cc1. The molecule has 0 bridgehead atoms. The number of rotatable bonds is 6. The number of benzene rings is 12. The third-order valence-corrected chi connectivity index (χ3v) is 18.7. The fraction of sp³-hybridized carbons (Fsp3) is 0.0270. The van der Waals surface area contributed by atoms with Gasteiger partial charge in [0.1, 0.15) is 5.69 Å². The van der Waals surface area contributed by atoms with Gasteiger partial charge in [-0.05, 0) is 156 Å². The molecule has 0 unspecified atom stereocenters. The van der Waals surface area contributed by atoms with E-state index in [0.717, 1.165) is 74.2 Å². The van der Waals surface area contributed by atoms with Crippen LogP contribution >= 0.6 is 0 Å². The van der Waals surface area contributed by atoms with Crippen molar-refractivity contribution in [3.8, 4) is 45.3 Å². The van der Waals surface area contributed by atoms with Crippen molar-refractivity contribution in [3.05, 3.63) is 311 Å². The van der Waals surface area contributed by atoms with Crippen LogP contribution in [0.2, 0.25) is 0 Å². The maximum atomic E-state index is 7.02. The van der Waals surface area contributed by atoms with Gasteiger partial charge in [-0.15, -0.1) is 0 Å². The number of hydrogen-bond donors (Lipinski definition) is 0. The van der Waals surface area contributed by atoms with Crippen LogP contribution in [0, 0.1) is 0 Å². The van der Waals surface area contributed by atoms with Crippen LogP contribution in [0.3, 0.4) is 0 Å². The van der Waals surface area contributed by atoms with Gasteiger partial charge in [0.15, 0.2) is 23.0 Å². The Morgan fingerprint density at radius 2 is 0.625 bits per heavy atom. The van der Waals surface area contributed by atoms with E-state index in [-0.39, 0.29) is 6.71 Å². The summed E-state index contributed by atoms with van der Waals surface area (Å²) in [5.41, 5.74) is 27.5. The molecule has 0 amide bonds. The van der Waals surface area contributed by atoms with Crippen molar-refractivity contribution in [2.24, 2.45) is 0 Å². The topological polar surface area (TPSA) is 28.2 Å². The normalized spacial score (nSPS) is 15.3. The van der Waals surface area contributed by atoms with Crippen LogP contribution in [0.1, 0.15) is 44.5 Å². The van der Waals surface area contributed by atoms with Crippen LogP contribution in [0.25, 0.3) is 22.3 Å². The number of fused-ring (bicyclic) bond motifs is 6. The Morgan fingerprint density at radius 3 is 1.06 bits per heavy atom. The Hall–Kier alpha value is -10.3. The summed E-state index contributed by atoms with van der Waals surface area (Å²) in [7, 11) is 0. The molecule has 0 fully saturated rings. The monoisotopic (exact) mass is 1020 g/mol. The van der Waals surface area contributed by atoms with Gasteiger partial charge in [-0.25, -0.2) is 0 Å². The molecule has 0 radical (unpaired) electrons. The van der Waals surface area contributed by atoms with Gasteiger partial charge in [0, 0.05) is 34.1 Å². The molecule has 19 rings (SSSR count). The molecule has 80 heavy (non-hydrogen) atoms. The van der Waals surface area contributed by atoms with E-state index in [4.69, 9.17) is 9.47 Å². The minimum absolute atomic E-state index is 0.142. The second-order valence-electron chi connectivity index (χ2n) is 22.2. The second-order valence-corrected chi connectivity index (χ2v) is 22.2. The van der Waals surface area contributed by atoms with Crippen LogP contribution < -0.4 is 40.6 Å². The summed E-state index contributed by atoms with van der Waals surface area (Å²) < 4.78 is 14.0. The molecule has 0 N–H and O–H groups in total. The van der Waals surface area contributed by atoms with Gasteiger partial charge in [-0.2, -0.15) is 0 Å². The van der Waals surface area contributed by atoms with Gasteiger partial charge in [-0.1, -0.05) is 194 Å². The van der Waals surface area contributed by atoms with Crippen LogP contribution in [0.5, 0.6) is 23.0 Å². The predicted molar refractivity (Wildman–Crippen MR) is 323 cm³/mol. The Bertz CT molecular complexity index is 4330. The largest absolute Gasteiger partial charge is 0.453 e. The lowest BCUT2D eigenvalue weighted by Gasteiger charge is -2.51. The summed E-state index contributed by atoms with van der Waals surface area (Å²) in [5.74, 6) is 3.25. The van der Waals surface area contributed by atoms with E-state index in [1.54, 1.807) is 0 Å². The maximum absolute atomic E-state index is 7.02. The van der Waals surface area contributed by atoms with E-state index >= 15 is 0 Å². The van der Waals surface area contributed by atoms with Crippen molar-refractivity contribution in [2.45, 2.75) is 10.8 Å². The Kier molecular flexibility index (Phi) is 8.15. The zero-order valence-electron chi connectivity index (χ0n) is 43.1. The van der Waals surface area contributed by atoms with Crippen molar-refractivity contribution in [3.63, 3.8) is 0 Å². The van der Waals surface area contributed by atoms with Crippen LogP contribution in [0.15, 0.2) is 267 Å². The summed E-state index contributed by atoms with van der Waals surface area (Å²) >= 11 is 0. The Balaban J connectivity index is 0.899. The molecule has 0 atom stereocenters. The molecule has 7 aliphatic rings. The first-order valence-electron chi connectivity index (χ1n) is 27.8. The fourth-order valence-electron chi connectivity index (χ4n) is 15.8. The highest BCUT2D eigenvalue weighted by atomic mass is 16.5. The Labute approximate surface area is 463 Å². The number of hydrogen-bond acceptors (Lipinski definition) is 5. The minimum Gasteiger partial charge on any atom is -0.453 e. The molecule has 12 aromatic rings. The van der Waals surface area contributed by atoms with Crippen LogP contribution in [-0.2, 0) is 10.8 Å². The molecule has 370 valence electrons. The summed E-state index contributed by atoms with van der Waals surface area (Å²) in [6, 6.07) is 99.3. The lowest BCUT2D eigenvalue weighted by molar-refractivity contribution is 0.446. The minimum atomic E-state index is -0.576. The molecule has 12 aromatic carbocycles. The molecule has 0 aromatic heterocycles. The van der Waals surface area contributed by atoms with Gasteiger partial charge in [0.05, 0.1) is 22.2 Å². The molecule has 5 heterocycles. The molecule has 6 heteroatoms. The molecule has 0 saturated carbocycles. The average molecular weight is 1020 g/mol. The van der Waals surface area contributed by atoms with E-state index in [1.807, 2.05) is 6.07 Å². The highest BCUT2D eigenvalue weighted by molar-refractivity contribution is 7.02. The van der Waals surface area contributed by atoms with Crippen molar-refractivity contribution in [1.82, 2.24) is 0 Å². The number of para-hydroxylation sites is 1. The average Bonchev–Trinajstić information content (AvgIpc) is 3.73. The van der Waals surface area contributed by atoms with Crippen LogP contribution in [0.4, 0.5) is 51.2 Å². The van der Waals surface area contributed by atoms with E-state index in [2.05, 4.69) is 276 Å². The first kappa shape index (κ1) is 42.8. The number of nitrogens with zero attached hydrogens (tertiary/aromatic N) is 3. The van der Waals surface area contributed by atoms with E-state index in [9.17, 15) is 0 Å². The maximum Gasteiger partial charge on any atom is 0.258 e. The van der Waals surface area contributed by atoms with Gasteiger partial charge >= 0.3 is 0 Å². The third kappa shape index (κ3) is 5.07. The summed E-state index contributed by atoms with van der Waals surface area (Å²) in [6.45, 7) is -0.142. The molecule has 5 nitrogen and oxygen atoms in total. The summed E-state index contributed by atoms with van der Waals surface area (Å²) in [5, 5.41) is 0. The molecular weight excluding hydrogens is 974 g/mol. The highest BCUT2D eigenvalue weighted by Gasteiger charge is 2.55. The molecular formula is C74H44BN3O2. The molecule has 0 saturated heterocycles. The van der Waals surface area contributed by atoms with Crippen LogP contribution in [-0.4, -0.2) is 6.71 Å². The van der Waals surface area contributed by atoms with Gasteiger partial charge in [-0.3, -0.25) is 4.90 Å². The smallest absolute Gasteiger partial charge is 0.258 e. The van der Waals surface area contributed by atoms with Crippen molar-refractivity contribution >= 4 is 74.3 Å². The predicted octanol–water partition coefficient (Wildman–Crippen LogP) is 16.5. The van der Waals surface area contributed by atoms with Gasteiger partial charge < -0.3 is 19.3 Å². The number of ether oxygens (including phenoxy) is 2. The Morgan fingerprint density at radius 1 is 0.263 bits per heavy atom. The summed E-state index contributed by atoms with van der Waals surface area (Å²) in [4.78, 5) is 7.60. The lowest BCUT2D eigenvalue weighted by atomic mass is 9.31. The first-order valence-corrected chi connectivity index (χ1v) is 27.8. The zero-order valence-corrected chi connectivity index (χ0v) is 43.1. The molecule has 0 spiro atoms. The first-order chi connectivity index (χ1) is 39.7. The van der Waals surface area contributed by atoms with Gasteiger partial charge in [0.25, 0.3) is 6.71 Å². The van der Waals surface area contributed by atoms with E-state index in [1.165, 1.54) is 83.1 Å². The van der Waals surface area contributed by atoms with Gasteiger partial charge in [0.2, 0.25) is 0 Å². The molecule has 2 aliphatic carbocycles. The standard InChI is InChI=1S/C74H44BN3O2/c1-5-19-45(20-6-1)73(46-21-7-2-8-22-46)55-29-15-13-27-51(55)53-37-35-49(43-57(53)73)76-59-31-17-32-60-67(59)75-68-61(76)39-41-65-71(68)78-70-63(79-65)33-18-34-64(70)80-66-42-40-62(69(75)72(66)78)77(60)50-36-38-54-52-28-14-16-30-56(52)74(58(54)44-50,47-23-9-3-10-24-47)48-25-11-4-12-26-48/h1-44H. The van der Waals surface area contributed by atoms with E-state index < -0.39 is 10.8 Å². The van der Waals surface area contributed by atoms with Crippen molar-refractivity contribution in [1.29, 1.82) is 0 Å². The highest BCUT2D eigenvalue weighted by Crippen LogP contribution is 2.65. The number of anilines is 9. The van der Waals surface area contributed by atoms with Crippen molar-refractivity contribution in [2.75, 3.05) is 14.7 Å². The second kappa shape index (κ2) is 15.3. The third-order valence-electron chi connectivity index (χ3n) is 18.7. The fourth-order valence-corrected chi connectivity index (χ4v) is 15.8. The lowest BCUT2D eigenvalue weighted by Crippen LogP contribution is -2.65. The summed E-state index contributed by atoms with van der Waals surface area (Å²) in [6.07, 6.45) is 0. The van der Waals surface area contributed by atoms with E-state index in [0.29, 0.717) is 0 Å². The molecule has 5 aliphatic heterocycles. The zero-order chi connectivity index (χ0) is 52.0. The quantitative estimate of drug-likeness (QED) is 0.155. The van der Waals surface area contributed by atoms with Crippen molar-refractivity contribution < 1.29 is 9.47 Å².